The van der Waals surface area contributed by atoms with Gasteiger partial charge in [0.25, 0.3) is 5.56 Å². The molecule has 0 spiro atoms. The van der Waals surface area contributed by atoms with Crippen LogP contribution in [-0.4, -0.2) is 16.3 Å². The van der Waals surface area contributed by atoms with Gasteiger partial charge in [0.2, 0.25) is 5.75 Å². The van der Waals surface area contributed by atoms with Crippen LogP contribution in [0.25, 0.3) is 10.9 Å². The molecular formula is C21H23NO4. The normalized spacial score (nSPS) is 10.8. The summed E-state index contributed by atoms with van der Waals surface area (Å²) in [7, 11) is 1.66. The maximum atomic E-state index is 12.5. The summed E-state index contributed by atoms with van der Waals surface area (Å²) in [6.07, 6.45) is 1.78. The molecular weight excluding hydrogens is 330 g/mol. The smallest absolute Gasteiger partial charge is 0.297 e. The van der Waals surface area contributed by atoms with E-state index in [1.165, 1.54) is 4.57 Å². The van der Waals surface area contributed by atoms with Crippen LogP contribution in [-0.2, 0) is 13.7 Å². The van der Waals surface area contributed by atoms with Gasteiger partial charge in [-0.3, -0.25) is 4.79 Å². The Kier molecular flexibility index (Phi) is 5.46. The third-order valence-electron chi connectivity index (χ3n) is 4.29. The molecule has 0 aliphatic carbocycles. The van der Waals surface area contributed by atoms with E-state index >= 15 is 0 Å². The molecule has 0 unspecified atom stereocenters. The predicted octanol–water partition coefficient (Wildman–Crippen LogP) is 4.00. The Balaban J connectivity index is 1.91. The number of nitrogens with zero attached hydrogens (tertiary/aromatic N) is 1. The lowest BCUT2D eigenvalue weighted by Crippen LogP contribution is -2.20. The molecule has 0 atom stereocenters. The lowest BCUT2D eigenvalue weighted by molar-refractivity contribution is 0.288. The lowest BCUT2D eigenvalue weighted by atomic mass is 10.1. The molecule has 5 nitrogen and oxygen atoms in total. The van der Waals surface area contributed by atoms with E-state index in [2.05, 4.69) is 0 Å². The molecule has 5 heteroatoms. The predicted molar refractivity (Wildman–Crippen MR) is 102 cm³/mol. The van der Waals surface area contributed by atoms with Gasteiger partial charge in [-0.2, -0.15) is 0 Å². The number of pyridine rings is 1. The van der Waals surface area contributed by atoms with Crippen molar-refractivity contribution < 1.29 is 14.6 Å². The zero-order valence-electron chi connectivity index (χ0n) is 15.1. The molecule has 0 aliphatic rings. The quantitative estimate of drug-likeness (QED) is 0.652. The standard InChI is InChI=1S/C21H23NO4/c1-3-4-12-25-20-19(23)17-11-10-16(13-18(17)22(2)21(20)24)26-14-15-8-6-5-7-9-15/h5-11,13,23H,3-4,12,14H2,1-2H3. The van der Waals surface area contributed by atoms with Gasteiger partial charge in [0.15, 0.2) is 5.75 Å². The molecule has 0 aliphatic heterocycles. The molecule has 1 N–H and O–H groups in total. The van der Waals surface area contributed by atoms with Crippen LogP contribution in [0.4, 0.5) is 0 Å². The van der Waals surface area contributed by atoms with Crippen molar-refractivity contribution >= 4 is 10.9 Å². The summed E-state index contributed by atoms with van der Waals surface area (Å²) in [5.74, 6) is 0.524. The summed E-state index contributed by atoms with van der Waals surface area (Å²) in [6.45, 7) is 2.88. The van der Waals surface area contributed by atoms with Crippen molar-refractivity contribution in [3.05, 3.63) is 64.4 Å². The van der Waals surface area contributed by atoms with Crippen molar-refractivity contribution in [2.45, 2.75) is 26.4 Å². The summed E-state index contributed by atoms with van der Waals surface area (Å²) >= 11 is 0. The van der Waals surface area contributed by atoms with Gasteiger partial charge in [0.05, 0.1) is 12.1 Å². The van der Waals surface area contributed by atoms with Crippen LogP contribution in [0.5, 0.6) is 17.2 Å². The van der Waals surface area contributed by atoms with Gasteiger partial charge in [0.1, 0.15) is 12.4 Å². The van der Waals surface area contributed by atoms with E-state index in [-0.39, 0.29) is 17.1 Å². The Labute approximate surface area is 152 Å². The lowest BCUT2D eigenvalue weighted by Gasteiger charge is -2.14. The van der Waals surface area contributed by atoms with Crippen molar-refractivity contribution in [3.8, 4) is 17.2 Å². The van der Waals surface area contributed by atoms with E-state index in [1.54, 1.807) is 25.2 Å². The maximum absolute atomic E-state index is 12.5. The number of benzene rings is 2. The molecule has 2 aromatic carbocycles. The Bertz CT molecular complexity index is 948. The summed E-state index contributed by atoms with van der Waals surface area (Å²) in [5.41, 5.74) is 1.30. The van der Waals surface area contributed by atoms with Crippen molar-refractivity contribution in [1.82, 2.24) is 4.57 Å². The van der Waals surface area contributed by atoms with Crippen LogP contribution in [0.15, 0.2) is 53.3 Å². The summed E-state index contributed by atoms with van der Waals surface area (Å²) in [4.78, 5) is 12.5. The number of unbranched alkanes of at least 4 members (excludes halogenated alkanes) is 1. The van der Waals surface area contributed by atoms with Crippen LogP contribution >= 0.6 is 0 Å². The fourth-order valence-corrected chi connectivity index (χ4v) is 2.75. The van der Waals surface area contributed by atoms with Crippen LogP contribution in [0, 0.1) is 0 Å². The second kappa shape index (κ2) is 7.95. The third kappa shape index (κ3) is 3.67. The van der Waals surface area contributed by atoms with Gasteiger partial charge in [-0.1, -0.05) is 43.7 Å². The minimum atomic E-state index is -0.355. The fourth-order valence-electron chi connectivity index (χ4n) is 2.75. The van der Waals surface area contributed by atoms with E-state index in [9.17, 15) is 9.90 Å². The molecule has 0 bridgehead atoms. The molecule has 1 heterocycles. The van der Waals surface area contributed by atoms with Crippen LogP contribution in [0.1, 0.15) is 25.3 Å². The highest BCUT2D eigenvalue weighted by molar-refractivity contribution is 5.88. The average molecular weight is 353 g/mol. The first kappa shape index (κ1) is 17.9. The second-order valence-electron chi connectivity index (χ2n) is 6.20. The molecule has 136 valence electrons. The zero-order valence-corrected chi connectivity index (χ0v) is 15.1. The van der Waals surface area contributed by atoms with E-state index in [0.29, 0.717) is 29.9 Å². The number of aromatic nitrogens is 1. The van der Waals surface area contributed by atoms with Crippen molar-refractivity contribution in [1.29, 1.82) is 0 Å². The second-order valence-corrected chi connectivity index (χ2v) is 6.20. The van der Waals surface area contributed by atoms with Crippen LogP contribution in [0.2, 0.25) is 0 Å². The highest BCUT2D eigenvalue weighted by atomic mass is 16.5. The van der Waals surface area contributed by atoms with Gasteiger partial charge >= 0.3 is 0 Å². The van der Waals surface area contributed by atoms with Gasteiger partial charge in [-0.05, 0) is 24.1 Å². The maximum Gasteiger partial charge on any atom is 0.297 e. The summed E-state index contributed by atoms with van der Waals surface area (Å²) in [5, 5.41) is 11.0. The number of aryl methyl sites for hydroxylation is 1. The van der Waals surface area contributed by atoms with Gasteiger partial charge in [0, 0.05) is 18.5 Å². The fraction of sp³-hybridized carbons (Fsp3) is 0.286. The van der Waals surface area contributed by atoms with E-state index in [0.717, 1.165) is 18.4 Å². The number of hydrogen-bond acceptors (Lipinski definition) is 4. The highest BCUT2D eigenvalue weighted by Gasteiger charge is 2.16. The Hall–Kier alpha value is -2.95. The molecule has 0 saturated heterocycles. The van der Waals surface area contributed by atoms with Gasteiger partial charge in [-0.15, -0.1) is 0 Å². The molecule has 0 fully saturated rings. The minimum Gasteiger partial charge on any atom is -0.504 e. The van der Waals surface area contributed by atoms with E-state index < -0.39 is 0 Å². The van der Waals surface area contributed by atoms with Crippen molar-refractivity contribution in [2.24, 2.45) is 7.05 Å². The number of hydrogen-bond donors (Lipinski definition) is 1. The minimum absolute atomic E-state index is 0.00593. The highest BCUT2D eigenvalue weighted by Crippen LogP contribution is 2.33. The first-order valence-corrected chi connectivity index (χ1v) is 8.77. The number of ether oxygens (including phenoxy) is 2. The molecule has 3 rings (SSSR count). The largest absolute Gasteiger partial charge is 0.504 e. The van der Waals surface area contributed by atoms with E-state index in [4.69, 9.17) is 9.47 Å². The first-order chi connectivity index (χ1) is 12.6. The Morgan fingerprint density at radius 1 is 1.08 bits per heavy atom. The molecule has 1 aromatic heterocycles. The number of aromatic hydroxyl groups is 1. The SMILES string of the molecule is CCCCOc1c(O)c2ccc(OCc3ccccc3)cc2n(C)c1=O. The Morgan fingerprint density at radius 3 is 2.58 bits per heavy atom. The summed E-state index contributed by atoms with van der Waals surface area (Å²) in [6, 6.07) is 15.1. The Morgan fingerprint density at radius 2 is 1.85 bits per heavy atom. The van der Waals surface area contributed by atoms with Crippen molar-refractivity contribution in [2.75, 3.05) is 6.61 Å². The van der Waals surface area contributed by atoms with Gasteiger partial charge < -0.3 is 19.1 Å². The average Bonchev–Trinajstić information content (AvgIpc) is 2.68. The zero-order chi connectivity index (χ0) is 18.5. The van der Waals surface area contributed by atoms with Crippen LogP contribution < -0.4 is 15.0 Å². The van der Waals surface area contributed by atoms with Crippen LogP contribution in [0.3, 0.4) is 0 Å². The van der Waals surface area contributed by atoms with Crippen molar-refractivity contribution in [3.63, 3.8) is 0 Å². The van der Waals surface area contributed by atoms with E-state index in [1.807, 2.05) is 37.3 Å². The molecule has 0 saturated carbocycles. The molecule has 26 heavy (non-hydrogen) atoms. The number of rotatable bonds is 7. The monoisotopic (exact) mass is 353 g/mol. The van der Waals surface area contributed by atoms with Gasteiger partial charge in [-0.25, -0.2) is 0 Å². The summed E-state index contributed by atoms with van der Waals surface area (Å²) < 4.78 is 12.8. The topological polar surface area (TPSA) is 60.7 Å². The third-order valence-corrected chi connectivity index (χ3v) is 4.29. The first-order valence-electron chi connectivity index (χ1n) is 8.77. The number of fused-ring (bicyclic) bond motifs is 1. The molecule has 3 aromatic rings. The molecule has 0 radical (unpaired) electrons. The molecule has 0 amide bonds.